The second-order valence-corrected chi connectivity index (χ2v) is 4.12. The molecule has 0 radical (unpaired) electrons. The van der Waals surface area contributed by atoms with E-state index in [0.29, 0.717) is 18.3 Å². The van der Waals surface area contributed by atoms with E-state index in [4.69, 9.17) is 9.47 Å². The van der Waals surface area contributed by atoms with Crippen molar-refractivity contribution in [2.75, 3.05) is 26.1 Å². The summed E-state index contributed by atoms with van der Waals surface area (Å²) >= 11 is 0. The number of aromatic nitrogens is 3. The Hall–Kier alpha value is -2.21. The summed E-state index contributed by atoms with van der Waals surface area (Å²) in [4.78, 5) is 13.1. The van der Waals surface area contributed by atoms with E-state index in [-0.39, 0.29) is 0 Å². The molecular weight excluding hydrogens is 256 g/mol. The zero-order valence-electron chi connectivity index (χ0n) is 11.9. The fourth-order valence-corrected chi connectivity index (χ4v) is 1.75. The van der Waals surface area contributed by atoms with Gasteiger partial charge in [0.15, 0.2) is 5.82 Å². The monoisotopic (exact) mass is 274 g/mol. The Labute approximate surface area is 118 Å². The largest absolute Gasteiger partial charge is 0.481 e. The molecule has 6 nitrogen and oxygen atoms in total. The zero-order chi connectivity index (χ0) is 14.4. The summed E-state index contributed by atoms with van der Waals surface area (Å²) < 4.78 is 10.2. The topological polar surface area (TPSA) is 69.2 Å². The third-order valence-corrected chi connectivity index (χ3v) is 2.63. The van der Waals surface area contributed by atoms with Crippen LogP contribution in [0.2, 0.25) is 0 Å². The highest BCUT2D eigenvalue weighted by Gasteiger charge is 2.07. The summed E-state index contributed by atoms with van der Waals surface area (Å²) in [6.45, 7) is 3.26. The molecule has 0 unspecified atom stereocenters. The molecule has 6 heteroatoms. The van der Waals surface area contributed by atoms with Crippen LogP contribution in [0.3, 0.4) is 0 Å². The van der Waals surface area contributed by atoms with Crippen LogP contribution in [0.4, 0.5) is 5.82 Å². The molecule has 0 fully saturated rings. The molecule has 1 N–H and O–H groups in total. The molecule has 0 amide bonds. The SMILES string of the molecule is CCNc1cc(COC)nc(-c2ccc(OC)nc2)n1. The molecule has 106 valence electrons. The minimum atomic E-state index is 0.442. The first-order chi connectivity index (χ1) is 9.76. The van der Waals surface area contributed by atoms with Crippen LogP contribution in [-0.4, -0.2) is 35.7 Å². The first kappa shape index (κ1) is 14.2. The van der Waals surface area contributed by atoms with E-state index in [1.165, 1.54) is 0 Å². The van der Waals surface area contributed by atoms with Crippen LogP contribution in [0.1, 0.15) is 12.6 Å². The number of hydrogen-bond acceptors (Lipinski definition) is 6. The summed E-state index contributed by atoms with van der Waals surface area (Å²) in [5.74, 6) is 1.96. The Morgan fingerprint density at radius 1 is 1.20 bits per heavy atom. The highest BCUT2D eigenvalue weighted by atomic mass is 16.5. The van der Waals surface area contributed by atoms with Crippen LogP contribution >= 0.6 is 0 Å². The molecule has 0 aliphatic rings. The van der Waals surface area contributed by atoms with Crippen molar-refractivity contribution in [3.8, 4) is 17.3 Å². The van der Waals surface area contributed by atoms with E-state index >= 15 is 0 Å². The van der Waals surface area contributed by atoms with Crippen LogP contribution < -0.4 is 10.1 Å². The predicted molar refractivity (Wildman–Crippen MR) is 76.7 cm³/mol. The lowest BCUT2D eigenvalue weighted by atomic mass is 10.2. The molecule has 0 aliphatic heterocycles. The summed E-state index contributed by atoms with van der Waals surface area (Å²) in [5.41, 5.74) is 1.66. The fourth-order valence-electron chi connectivity index (χ4n) is 1.75. The van der Waals surface area contributed by atoms with Gasteiger partial charge in [0, 0.05) is 37.5 Å². The summed E-state index contributed by atoms with van der Waals surface area (Å²) in [6, 6.07) is 5.55. The summed E-state index contributed by atoms with van der Waals surface area (Å²) in [5, 5.41) is 3.19. The normalized spacial score (nSPS) is 10.3. The minimum absolute atomic E-state index is 0.442. The third-order valence-electron chi connectivity index (χ3n) is 2.63. The lowest BCUT2D eigenvalue weighted by Gasteiger charge is -2.08. The van der Waals surface area contributed by atoms with Gasteiger partial charge in [-0.15, -0.1) is 0 Å². The first-order valence-corrected chi connectivity index (χ1v) is 6.38. The van der Waals surface area contributed by atoms with E-state index in [0.717, 1.165) is 23.6 Å². The molecule has 0 aromatic carbocycles. The third kappa shape index (κ3) is 3.42. The average molecular weight is 274 g/mol. The number of methoxy groups -OCH3 is 2. The minimum Gasteiger partial charge on any atom is -0.481 e. The first-order valence-electron chi connectivity index (χ1n) is 6.38. The van der Waals surface area contributed by atoms with Crippen molar-refractivity contribution in [3.63, 3.8) is 0 Å². The number of ether oxygens (including phenoxy) is 2. The van der Waals surface area contributed by atoms with Gasteiger partial charge < -0.3 is 14.8 Å². The second-order valence-electron chi connectivity index (χ2n) is 4.12. The van der Waals surface area contributed by atoms with Crippen LogP contribution in [-0.2, 0) is 11.3 Å². The van der Waals surface area contributed by atoms with Crippen molar-refractivity contribution in [2.24, 2.45) is 0 Å². The summed E-state index contributed by atoms with van der Waals surface area (Å²) in [7, 11) is 3.23. The Bertz CT molecular complexity index is 533. The van der Waals surface area contributed by atoms with E-state index in [1.54, 1.807) is 26.5 Å². The van der Waals surface area contributed by atoms with Gasteiger partial charge >= 0.3 is 0 Å². The van der Waals surface area contributed by atoms with Crippen molar-refractivity contribution in [2.45, 2.75) is 13.5 Å². The highest BCUT2D eigenvalue weighted by molar-refractivity contribution is 5.57. The standard InChI is InChI=1S/C14H18N4O2/c1-4-15-12-7-11(9-19-2)17-14(18-12)10-5-6-13(20-3)16-8-10/h5-8H,4,9H2,1-3H3,(H,15,17,18). The van der Waals surface area contributed by atoms with Crippen LogP contribution in [0, 0.1) is 0 Å². The van der Waals surface area contributed by atoms with Gasteiger partial charge in [-0.25, -0.2) is 15.0 Å². The number of hydrogen-bond donors (Lipinski definition) is 1. The number of rotatable bonds is 6. The quantitative estimate of drug-likeness (QED) is 0.870. The molecule has 0 bridgehead atoms. The number of anilines is 1. The number of nitrogens with zero attached hydrogens (tertiary/aromatic N) is 3. The van der Waals surface area contributed by atoms with Gasteiger partial charge in [0.05, 0.1) is 19.4 Å². The number of pyridine rings is 1. The van der Waals surface area contributed by atoms with Gasteiger partial charge in [0.1, 0.15) is 5.82 Å². The Morgan fingerprint density at radius 3 is 2.65 bits per heavy atom. The molecule has 0 saturated carbocycles. The molecule has 0 atom stereocenters. The van der Waals surface area contributed by atoms with Crippen molar-refractivity contribution in [1.29, 1.82) is 0 Å². The second kappa shape index (κ2) is 6.81. The molecule has 2 aromatic rings. The van der Waals surface area contributed by atoms with Gasteiger partial charge in [0.25, 0.3) is 0 Å². The molecule has 2 heterocycles. The maximum atomic E-state index is 5.13. The molecule has 2 aromatic heterocycles. The van der Waals surface area contributed by atoms with Crippen molar-refractivity contribution in [3.05, 3.63) is 30.1 Å². The van der Waals surface area contributed by atoms with Crippen molar-refractivity contribution in [1.82, 2.24) is 15.0 Å². The maximum Gasteiger partial charge on any atom is 0.212 e. The van der Waals surface area contributed by atoms with E-state index < -0.39 is 0 Å². The van der Waals surface area contributed by atoms with Gasteiger partial charge in [-0.05, 0) is 13.0 Å². The lowest BCUT2D eigenvalue weighted by molar-refractivity contribution is 0.181. The predicted octanol–water partition coefficient (Wildman–Crippen LogP) is 2.13. The van der Waals surface area contributed by atoms with Gasteiger partial charge in [0.2, 0.25) is 5.88 Å². The van der Waals surface area contributed by atoms with Crippen LogP contribution in [0.5, 0.6) is 5.88 Å². The lowest BCUT2D eigenvalue weighted by Crippen LogP contribution is -2.05. The highest BCUT2D eigenvalue weighted by Crippen LogP contribution is 2.19. The number of nitrogens with one attached hydrogen (secondary N) is 1. The Balaban J connectivity index is 2.37. The summed E-state index contributed by atoms with van der Waals surface area (Å²) in [6.07, 6.45) is 1.69. The Morgan fingerprint density at radius 2 is 2.05 bits per heavy atom. The molecule has 0 saturated heterocycles. The molecular formula is C14H18N4O2. The molecule has 0 spiro atoms. The average Bonchev–Trinajstić information content (AvgIpc) is 2.48. The van der Waals surface area contributed by atoms with Gasteiger partial charge in [-0.3, -0.25) is 0 Å². The van der Waals surface area contributed by atoms with E-state index in [2.05, 4.69) is 20.3 Å². The van der Waals surface area contributed by atoms with E-state index in [1.807, 2.05) is 19.1 Å². The molecule has 0 aliphatic carbocycles. The van der Waals surface area contributed by atoms with Gasteiger partial charge in [-0.1, -0.05) is 0 Å². The fraction of sp³-hybridized carbons (Fsp3) is 0.357. The van der Waals surface area contributed by atoms with Crippen molar-refractivity contribution >= 4 is 5.82 Å². The van der Waals surface area contributed by atoms with Crippen LogP contribution in [0.25, 0.3) is 11.4 Å². The Kier molecular flexibility index (Phi) is 4.84. The van der Waals surface area contributed by atoms with E-state index in [9.17, 15) is 0 Å². The molecule has 20 heavy (non-hydrogen) atoms. The van der Waals surface area contributed by atoms with Crippen LogP contribution in [0.15, 0.2) is 24.4 Å². The maximum absolute atomic E-state index is 5.13. The van der Waals surface area contributed by atoms with Gasteiger partial charge in [-0.2, -0.15) is 0 Å². The molecule has 2 rings (SSSR count). The smallest absolute Gasteiger partial charge is 0.212 e. The van der Waals surface area contributed by atoms with Crippen molar-refractivity contribution < 1.29 is 9.47 Å². The zero-order valence-corrected chi connectivity index (χ0v) is 11.9.